The highest BCUT2D eigenvalue weighted by Gasteiger charge is 2.10. The number of Topliss-reactive ketones (excluding diaryl/α,β-unsaturated/α-hetero) is 1. The zero-order valence-corrected chi connectivity index (χ0v) is 11.1. The minimum Gasteiger partial charge on any atom is -0.616 e. The number of hydrogen-bond donors (Lipinski definition) is 0. The number of esters is 1. The van der Waals surface area contributed by atoms with Crippen molar-refractivity contribution < 1.29 is 18.9 Å². The monoisotopic (exact) mass is 268 g/mol. The van der Waals surface area contributed by atoms with Crippen molar-refractivity contribution in [3.8, 4) is 0 Å². The lowest BCUT2D eigenvalue weighted by molar-refractivity contribution is -0.116. The first-order valence-electron chi connectivity index (χ1n) is 5.66. The van der Waals surface area contributed by atoms with E-state index in [9.17, 15) is 14.1 Å². The third-order valence-corrected chi connectivity index (χ3v) is 3.52. The highest BCUT2D eigenvalue weighted by molar-refractivity contribution is 7.91. The second-order valence-electron chi connectivity index (χ2n) is 3.80. The number of rotatable bonds is 7. The van der Waals surface area contributed by atoms with E-state index in [1.807, 2.05) is 6.07 Å². The summed E-state index contributed by atoms with van der Waals surface area (Å²) in [5.74, 6) is 0.202. The third-order valence-electron chi connectivity index (χ3n) is 2.24. The van der Waals surface area contributed by atoms with E-state index in [-0.39, 0.29) is 18.1 Å². The van der Waals surface area contributed by atoms with E-state index >= 15 is 0 Å². The van der Waals surface area contributed by atoms with Crippen molar-refractivity contribution in [2.45, 2.75) is 13.3 Å². The van der Waals surface area contributed by atoms with E-state index in [1.165, 1.54) is 6.92 Å². The molecule has 0 spiro atoms. The van der Waals surface area contributed by atoms with Gasteiger partial charge < -0.3 is 9.29 Å². The molecule has 0 aliphatic rings. The van der Waals surface area contributed by atoms with Gasteiger partial charge in [0.25, 0.3) is 0 Å². The van der Waals surface area contributed by atoms with Crippen LogP contribution in [0.1, 0.15) is 23.7 Å². The largest absolute Gasteiger partial charge is 0.616 e. The molecule has 1 aromatic rings. The van der Waals surface area contributed by atoms with Crippen LogP contribution in [0.25, 0.3) is 0 Å². The lowest BCUT2D eigenvalue weighted by atomic mass is 10.2. The molecule has 4 nitrogen and oxygen atoms in total. The number of carbonyl (C=O) groups excluding carboxylic acids is 2. The van der Waals surface area contributed by atoms with Gasteiger partial charge in [0.15, 0.2) is 0 Å². The van der Waals surface area contributed by atoms with E-state index < -0.39 is 17.1 Å². The fourth-order valence-electron chi connectivity index (χ4n) is 1.24. The van der Waals surface area contributed by atoms with E-state index in [0.29, 0.717) is 17.7 Å². The summed E-state index contributed by atoms with van der Waals surface area (Å²) in [4.78, 5) is 22.2. The summed E-state index contributed by atoms with van der Waals surface area (Å²) < 4.78 is 16.4. The third kappa shape index (κ3) is 5.84. The van der Waals surface area contributed by atoms with Crippen molar-refractivity contribution in [2.24, 2.45) is 0 Å². The molecule has 0 saturated heterocycles. The van der Waals surface area contributed by atoms with Crippen molar-refractivity contribution in [2.75, 3.05) is 18.1 Å². The van der Waals surface area contributed by atoms with Crippen LogP contribution < -0.4 is 0 Å². The number of benzene rings is 1. The molecule has 0 amide bonds. The molecule has 0 radical (unpaired) electrons. The molecule has 0 heterocycles. The molecule has 98 valence electrons. The van der Waals surface area contributed by atoms with E-state index in [0.717, 1.165) is 0 Å². The van der Waals surface area contributed by atoms with Crippen molar-refractivity contribution in [1.82, 2.24) is 0 Å². The minimum atomic E-state index is -1.11. The molecule has 0 N–H and O–H groups in total. The van der Waals surface area contributed by atoms with Gasteiger partial charge >= 0.3 is 5.97 Å². The van der Waals surface area contributed by atoms with Gasteiger partial charge in [0.2, 0.25) is 0 Å². The lowest BCUT2D eigenvalue weighted by Crippen LogP contribution is -2.19. The van der Waals surface area contributed by atoms with Crippen molar-refractivity contribution >= 4 is 22.9 Å². The normalized spacial score (nSPS) is 11.9. The lowest BCUT2D eigenvalue weighted by Gasteiger charge is -2.10. The van der Waals surface area contributed by atoms with Gasteiger partial charge in [0, 0.05) is 0 Å². The summed E-state index contributed by atoms with van der Waals surface area (Å²) in [7, 11) is 0. The molecule has 18 heavy (non-hydrogen) atoms. The second kappa shape index (κ2) is 7.89. The molecule has 1 atom stereocenters. The van der Waals surface area contributed by atoms with Crippen LogP contribution in [0.4, 0.5) is 0 Å². The van der Waals surface area contributed by atoms with Gasteiger partial charge in [-0.3, -0.25) is 4.79 Å². The molecule has 1 unspecified atom stereocenters. The summed E-state index contributed by atoms with van der Waals surface area (Å²) in [5, 5.41) is 0. The number of hydrogen-bond acceptors (Lipinski definition) is 4. The van der Waals surface area contributed by atoms with Gasteiger partial charge in [-0.05, 0) is 30.2 Å². The topological polar surface area (TPSA) is 66.4 Å². The average Bonchev–Trinajstić information content (AvgIpc) is 2.37. The predicted molar refractivity (Wildman–Crippen MR) is 69.9 cm³/mol. The van der Waals surface area contributed by atoms with Crippen LogP contribution in [0.2, 0.25) is 0 Å². The Morgan fingerprint density at radius 3 is 2.50 bits per heavy atom. The Labute approximate surface area is 110 Å². The SMILES string of the molecule is CC(=O)CC[S+]([O-])CCOC(=O)c1ccccc1. The van der Waals surface area contributed by atoms with Crippen molar-refractivity contribution in [3.05, 3.63) is 35.9 Å². The minimum absolute atomic E-state index is 0.0182. The maximum absolute atomic E-state index is 11.5. The Morgan fingerprint density at radius 2 is 1.89 bits per heavy atom. The molecule has 0 aliphatic carbocycles. The molecule has 0 fully saturated rings. The highest BCUT2D eigenvalue weighted by Crippen LogP contribution is 2.02. The molecular formula is C13H16O4S. The first-order chi connectivity index (χ1) is 8.59. The van der Waals surface area contributed by atoms with Gasteiger partial charge in [-0.2, -0.15) is 0 Å². The molecular weight excluding hydrogens is 252 g/mol. The fourth-order valence-corrected chi connectivity index (χ4v) is 2.23. The summed E-state index contributed by atoms with van der Waals surface area (Å²) in [6.45, 7) is 1.57. The molecule has 5 heteroatoms. The van der Waals surface area contributed by atoms with Crippen LogP contribution in [0, 0.1) is 0 Å². The summed E-state index contributed by atoms with van der Waals surface area (Å²) in [6, 6.07) is 8.64. The second-order valence-corrected chi connectivity index (χ2v) is 5.50. The maximum atomic E-state index is 11.5. The van der Waals surface area contributed by atoms with Crippen LogP contribution in [0.5, 0.6) is 0 Å². The highest BCUT2D eigenvalue weighted by atomic mass is 32.2. The van der Waals surface area contributed by atoms with Gasteiger partial charge in [-0.25, -0.2) is 4.79 Å². The van der Waals surface area contributed by atoms with E-state index in [1.54, 1.807) is 24.3 Å². The number of carbonyl (C=O) groups is 2. The van der Waals surface area contributed by atoms with Crippen LogP contribution >= 0.6 is 0 Å². The molecule has 1 rings (SSSR count). The maximum Gasteiger partial charge on any atom is 0.338 e. The molecule has 0 bridgehead atoms. The quantitative estimate of drug-likeness (QED) is 0.556. The Bertz CT molecular complexity index is 391. The molecule has 0 saturated carbocycles. The Kier molecular flexibility index (Phi) is 6.46. The zero-order valence-electron chi connectivity index (χ0n) is 10.3. The van der Waals surface area contributed by atoms with E-state index in [4.69, 9.17) is 4.74 Å². The van der Waals surface area contributed by atoms with Gasteiger partial charge in [-0.1, -0.05) is 18.2 Å². The average molecular weight is 268 g/mol. The summed E-state index contributed by atoms with van der Waals surface area (Å²) >= 11 is -1.11. The fraction of sp³-hybridized carbons (Fsp3) is 0.385. The van der Waals surface area contributed by atoms with Crippen LogP contribution in [0.15, 0.2) is 30.3 Å². The Morgan fingerprint density at radius 1 is 1.22 bits per heavy atom. The first-order valence-corrected chi connectivity index (χ1v) is 7.15. The van der Waals surface area contributed by atoms with Crippen LogP contribution in [-0.2, 0) is 20.7 Å². The van der Waals surface area contributed by atoms with Gasteiger partial charge in [0.05, 0.1) is 12.0 Å². The van der Waals surface area contributed by atoms with Crippen LogP contribution in [-0.4, -0.2) is 34.4 Å². The van der Waals surface area contributed by atoms with Crippen molar-refractivity contribution in [1.29, 1.82) is 0 Å². The molecule has 0 aromatic heterocycles. The molecule has 0 aliphatic heterocycles. The zero-order chi connectivity index (χ0) is 13.4. The standard InChI is InChI=1S/C13H16O4S/c1-11(14)7-9-18(16)10-8-17-13(15)12-5-3-2-4-6-12/h2-6H,7-10H2,1H3. The Hall–Kier alpha value is -1.33. The number of ketones is 1. The van der Waals surface area contributed by atoms with Gasteiger partial charge in [0.1, 0.15) is 23.9 Å². The van der Waals surface area contributed by atoms with Gasteiger partial charge in [-0.15, -0.1) is 0 Å². The predicted octanol–water partition coefficient (Wildman–Crippen LogP) is 1.57. The summed E-state index contributed by atoms with van der Waals surface area (Å²) in [6.07, 6.45) is 0.305. The number of ether oxygens (including phenoxy) is 1. The summed E-state index contributed by atoms with van der Waals surface area (Å²) in [5.41, 5.74) is 0.479. The van der Waals surface area contributed by atoms with E-state index in [2.05, 4.69) is 0 Å². The molecule has 1 aromatic carbocycles. The smallest absolute Gasteiger partial charge is 0.338 e. The first kappa shape index (κ1) is 14.7. The van der Waals surface area contributed by atoms with Crippen molar-refractivity contribution in [3.63, 3.8) is 0 Å². The van der Waals surface area contributed by atoms with Crippen LogP contribution in [0.3, 0.4) is 0 Å². The Balaban J connectivity index is 2.21.